The fraction of sp³-hybridized carbons (Fsp3) is 0.480. The third-order valence-corrected chi connectivity index (χ3v) is 12.7. The molecule has 0 spiro atoms. The van der Waals surface area contributed by atoms with Crippen molar-refractivity contribution in [2.75, 3.05) is 53.6 Å². The van der Waals surface area contributed by atoms with Crippen LogP contribution >= 0.6 is 0 Å². The van der Waals surface area contributed by atoms with E-state index in [1.54, 1.807) is 32.4 Å². The topological polar surface area (TPSA) is 225 Å². The Morgan fingerprint density at radius 1 is 0.824 bits per heavy atom. The summed E-state index contributed by atoms with van der Waals surface area (Å²) < 4.78 is 28.7. The molecule has 6 amide bonds. The molecule has 0 radical (unpaired) electrons. The Balaban J connectivity index is 0.959. The number of amides is 6. The number of unbranched alkanes of at least 4 members (excludes halogenated alkanes) is 1. The van der Waals surface area contributed by atoms with Crippen LogP contribution < -0.4 is 34.9 Å². The molecule has 3 aliphatic heterocycles. The molecule has 3 N–H and O–H groups in total. The molecule has 0 saturated carbocycles. The molecule has 3 aromatic rings. The zero-order valence-electron chi connectivity index (χ0n) is 39.3. The van der Waals surface area contributed by atoms with E-state index in [-0.39, 0.29) is 61.1 Å². The van der Waals surface area contributed by atoms with E-state index in [1.807, 2.05) is 49.9 Å². The molecule has 3 atom stereocenters. The van der Waals surface area contributed by atoms with Crippen LogP contribution in [-0.4, -0.2) is 123 Å². The van der Waals surface area contributed by atoms with Crippen molar-refractivity contribution in [1.82, 2.24) is 25.8 Å². The van der Waals surface area contributed by atoms with Crippen LogP contribution in [0.4, 0.5) is 0 Å². The van der Waals surface area contributed by atoms with E-state index in [2.05, 4.69) is 16.0 Å². The second kappa shape index (κ2) is 23.3. The first-order chi connectivity index (χ1) is 32.6. The van der Waals surface area contributed by atoms with Crippen LogP contribution in [0.15, 0.2) is 60.7 Å². The Kier molecular flexibility index (Phi) is 17.3. The number of nitrogens with zero attached hydrogens (tertiary/aromatic N) is 2. The van der Waals surface area contributed by atoms with Gasteiger partial charge in [0.05, 0.1) is 31.9 Å². The largest absolute Gasteiger partial charge is 0.493 e. The fourth-order valence-corrected chi connectivity index (χ4v) is 8.23. The standard InChI is InChI=1S/C50H61N5O13/c1-6-50(2,3)41(56)28-54-25-11-15-36(54)49(63)68-37(20-17-31-18-21-38(64-4)40(26-31)65-5)32-12-9-13-33(27-32)66-29-43(58)51-23-7-8-24-52-44(59)30-67-39-16-10-14-34-45(39)48(62)55(47(34)61)35-19-22-42(57)53-46(35)60/h9-10,12-14,16,18,21,26-27,35-37H,6-8,11,15,17,19-20,22-25,28-30H2,1-5H3,(H,51,58)(H,52,59)(H,53,57,60)/t35?,36-,37+/m0/s1. The Morgan fingerprint density at radius 2 is 1.53 bits per heavy atom. The second-order valence-corrected chi connectivity index (χ2v) is 17.6. The number of imide groups is 2. The van der Waals surface area contributed by atoms with E-state index in [4.69, 9.17) is 23.7 Å². The zero-order chi connectivity index (χ0) is 49.0. The van der Waals surface area contributed by atoms with E-state index >= 15 is 0 Å². The van der Waals surface area contributed by atoms with Crippen molar-refractivity contribution in [3.8, 4) is 23.0 Å². The molecule has 6 rings (SSSR count). The van der Waals surface area contributed by atoms with Gasteiger partial charge in [0.15, 0.2) is 30.5 Å². The van der Waals surface area contributed by atoms with Gasteiger partial charge in [0.25, 0.3) is 23.6 Å². The predicted molar refractivity (Wildman–Crippen MR) is 246 cm³/mol. The summed E-state index contributed by atoms with van der Waals surface area (Å²) in [6.45, 7) is 6.53. The summed E-state index contributed by atoms with van der Waals surface area (Å²) in [4.78, 5) is 106. The lowest BCUT2D eigenvalue weighted by molar-refractivity contribution is -0.155. The lowest BCUT2D eigenvalue weighted by Gasteiger charge is -2.29. The number of nitrogens with one attached hydrogen (secondary N) is 3. The summed E-state index contributed by atoms with van der Waals surface area (Å²) in [6.07, 6.45) is 3.43. The molecule has 68 heavy (non-hydrogen) atoms. The van der Waals surface area contributed by atoms with Gasteiger partial charge < -0.3 is 34.3 Å². The maximum absolute atomic E-state index is 13.9. The van der Waals surface area contributed by atoms with Crippen molar-refractivity contribution in [2.24, 2.45) is 5.41 Å². The van der Waals surface area contributed by atoms with Gasteiger partial charge in [-0.2, -0.15) is 0 Å². The Labute approximate surface area is 395 Å². The number of aryl methyl sites for hydroxylation is 1. The second-order valence-electron chi connectivity index (χ2n) is 17.6. The number of fused-ring (bicyclic) bond motifs is 1. The molecule has 18 heteroatoms. The third-order valence-electron chi connectivity index (χ3n) is 12.7. The minimum absolute atomic E-state index is 0.0110. The average molecular weight is 940 g/mol. The highest BCUT2D eigenvalue weighted by Gasteiger charge is 2.46. The highest BCUT2D eigenvalue weighted by Crippen LogP contribution is 2.35. The number of Topliss-reactive ketones (excluding diaryl/α,β-unsaturated/α-hetero) is 1. The van der Waals surface area contributed by atoms with E-state index in [1.165, 1.54) is 18.2 Å². The molecule has 0 bridgehead atoms. The maximum atomic E-state index is 13.9. The first kappa shape index (κ1) is 50.6. The number of methoxy groups -OCH3 is 2. The number of piperidine rings is 1. The number of likely N-dealkylation sites (tertiary alicyclic amines) is 1. The highest BCUT2D eigenvalue weighted by atomic mass is 16.5. The minimum Gasteiger partial charge on any atom is -0.493 e. The number of ether oxygens (including phenoxy) is 5. The number of carbonyl (C=O) groups is 8. The van der Waals surface area contributed by atoms with Gasteiger partial charge in [0.2, 0.25) is 11.8 Å². The van der Waals surface area contributed by atoms with Crippen LogP contribution in [0.5, 0.6) is 23.0 Å². The summed E-state index contributed by atoms with van der Waals surface area (Å²) in [5.41, 5.74) is 1.13. The molecule has 0 aliphatic carbocycles. The predicted octanol–water partition coefficient (Wildman–Crippen LogP) is 4.26. The number of carbonyl (C=O) groups excluding carboxylic acids is 8. The van der Waals surface area contributed by atoms with Gasteiger partial charge in [0, 0.05) is 24.9 Å². The number of esters is 1. The zero-order valence-corrected chi connectivity index (χ0v) is 39.3. The summed E-state index contributed by atoms with van der Waals surface area (Å²) in [5, 5.41) is 7.69. The van der Waals surface area contributed by atoms with Gasteiger partial charge in [-0.3, -0.25) is 53.5 Å². The Bertz CT molecular complexity index is 2380. The normalized spacial score (nSPS) is 17.5. The van der Waals surface area contributed by atoms with Gasteiger partial charge in [-0.25, -0.2) is 0 Å². The highest BCUT2D eigenvalue weighted by molar-refractivity contribution is 6.24. The summed E-state index contributed by atoms with van der Waals surface area (Å²) >= 11 is 0. The monoisotopic (exact) mass is 939 g/mol. The van der Waals surface area contributed by atoms with Crippen LogP contribution in [0.1, 0.15) is 110 Å². The number of ketones is 1. The first-order valence-corrected chi connectivity index (χ1v) is 23.1. The summed E-state index contributed by atoms with van der Waals surface area (Å²) in [5.74, 6) is -2.15. The van der Waals surface area contributed by atoms with Crippen molar-refractivity contribution in [3.05, 3.63) is 82.9 Å². The average Bonchev–Trinajstić information content (AvgIpc) is 3.90. The molecule has 3 heterocycles. The Morgan fingerprint density at radius 3 is 2.22 bits per heavy atom. The van der Waals surface area contributed by atoms with Crippen molar-refractivity contribution < 1.29 is 62.0 Å². The van der Waals surface area contributed by atoms with Crippen LogP contribution in [-0.2, 0) is 39.9 Å². The van der Waals surface area contributed by atoms with Crippen LogP contribution in [0.25, 0.3) is 0 Å². The van der Waals surface area contributed by atoms with E-state index in [0.717, 1.165) is 16.9 Å². The molecule has 2 saturated heterocycles. The molecule has 2 fully saturated rings. The number of rotatable bonds is 24. The molecule has 18 nitrogen and oxygen atoms in total. The molecular formula is C50H61N5O13. The van der Waals surface area contributed by atoms with Crippen molar-refractivity contribution in [1.29, 1.82) is 0 Å². The number of hydrogen-bond acceptors (Lipinski definition) is 14. The van der Waals surface area contributed by atoms with Crippen molar-refractivity contribution >= 4 is 47.2 Å². The molecule has 1 unspecified atom stereocenters. The van der Waals surface area contributed by atoms with Crippen LogP contribution in [0, 0.1) is 5.41 Å². The third kappa shape index (κ3) is 12.6. The lowest BCUT2D eigenvalue weighted by atomic mass is 9.85. The summed E-state index contributed by atoms with van der Waals surface area (Å²) in [6, 6.07) is 15.5. The van der Waals surface area contributed by atoms with Gasteiger partial charge in [-0.15, -0.1) is 0 Å². The molecule has 3 aliphatic rings. The van der Waals surface area contributed by atoms with E-state index in [9.17, 15) is 38.4 Å². The lowest BCUT2D eigenvalue weighted by Crippen LogP contribution is -2.54. The minimum atomic E-state index is -1.13. The van der Waals surface area contributed by atoms with Gasteiger partial charge >= 0.3 is 5.97 Å². The fourth-order valence-electron chi connectivity index (χ4n) is 8.23. The molecule has 364 valence electrons. The maximum Gasteiger partial charge on any atom is 0.323 e. The molecular weight excluding hydrogens is 879 g/mol. The van der Waals surface area contributed by atoms with Crippen molar-refractivity contribution in [2.45, 2.75) is 96.7 Å². The smallest absolute Gasteiger partial charge is 0.323 e. The van der Waals surface area contributed by atoms with Gasteiger partial charge in [0.1, 0.15) is 29.7 Å². The summed E-state index contributed by atoms with van der Waals surface area (Å²) in [7, 11) is 3.14. The first-order valence-electron chi connectivity index (χ1n) is 23.1. The number of hydrogen-bond donors (Lipinski definition) is 3. The number of benzene rings is 3. The molecule has 3 aromatic carbocycles. The van der Waals surface area contributed by atoms with E-state index < -0.39 is 65.7 Å². The Hall–Kier alpha value is -6.82. The molecule has 0 aromatic heterocycles. The van der Waals surface area contributed by atoms with Crippen LogP contribution in [0.2, 0.25) is 0 Å². The van der Waals surface area contributed by atoms with Crippen LogP contribution in [0.3, 0.4) is 0 Å². The quantitative estimate of drug-likeness (QED) is 0.0649. The SMILES string of the molecule is CCC(C)(C)C(=O)CN1CCC[C@H]1C(=O)O[C@H](CCc1ccc(OC)c(OC)c1)c1cccc(OCC(=O)NCCCCNC(=O)COc2cccc3c2C(=O)N(C2CCC(=O)NC2=O)C3=O)c1. The van der Waals surface area contributed by atoms with Crippen molar-refractivity contribution in [3.63, 3.8) is 0 Å². The van der Waals surface area contributed by atoms with Gasteiger partial charge in [-0.05, 0) is 105 Å². The van der Waals surface area contributed by atoms with Gasteiger partial charge in [-0.1, -0.05) is 45.0 Å². The van der Waals surface area contributed by atoms with E-state index in [0.29, 0.717) is 74.4 Å².